The average molecular weight is 276 g/mol. The molecule has 2 heterocycles. The van der Waals surface area contributed by atoms with Crippen molar-refractivity contribution in [3.63, 3.8) is 0 Å². The number of nitrogens with two attached hydrogens (primary N) is 1. The lowest BCUT2D eigenvalue weighted by Gasteiger charge is -2.20. The number of aliphatic hydroxyl groups excluding tert-OH is 2. The molecule has 1 saturated heterocycles. The molecule has 2 rings (SSSR count). The van der Waals surface area contributed by atoms with Crippen LogP contribution in [0.1, 0.15) is 18.3 Å². The molecule has 1 fully saturated rings. The van der Waals surface area contributed by atoms with E-state index in [1.165, 1.54) is 10.6 Å². The maximum absolute atomic E-state index is 11.8. The minimum absolute atomic E-state index is 0.0400. The molecular weight excluding hydrogens is 262 g/mol. The van der Waals surface area contributed by atoms with Crippen molar-refractivity contribution >= 4 is 17.4 Å². The van der Waals surface area contributed by atoms with Gasteiger partial charge >= 0.3 is 5.69 Å². The van der Waals surface area contributed by atoms with E-state index in [2.05, 4.69) is 4.98 Å². The van der Waals surface area contributed by atoms with Crippen molar-refractivity contribution < 1.29 is 14.9 Å². The van der Waals surface area contributed by atoms with Crippen molar-refractivity contribution in [1.29, 1.82) is 0 Å². The van der Waals surface area contributed by atoms with Gasteiger partial charge in [0.15, 0.2) is 6.23 Å². The van der Waals surface area contributed by atoms with Crippen LogP contribution in [0.2, 0.25) is 0 Å². The highest BCUT2D eigenvalue weighted by molar-refractivity contribution is 6.16. The van der Waals surface area contributed by atoms with Crippen LogP contribution in [0, 0.1) is 0 Å². The lowest BCUT2D eigenvalue weighted by atomic mass is 10.2. The molecule has 1 aliphatic heterocycles. The van der Waals surface area contributed by atoms with E-state index in [0.29, 0.717) is 5.69 Å². The second kappa shape index (κ2) is 5.23. The Kier molecular flexibility index (Phi) is 3.86. The molecule has 18 heavy (non-hydrogen) atoms. The lowest BCUT2D eigenvalue weighted by molar-refractivity contribution is -0.0540. The van der Waals surface area contributed by atoms with E-state index in [9.17, 15) is 9.90 Å². The predicted molar refractivity (Wildman–Crippen MR) is 64.1 cm³/mol. The number of halogens is 1. The first kappa shape index (κ1) is 13.3. The smallest absolute Gasteiger partial charge is 0.351 e. The lowest BCUT2D eigenvalue weighted by Crippen LogP contribution is -2.34. The number of nitrogens with zero attached hydrogens (tertiary/aromatic N) is 2. The summed E-state index contributed by atoms with van der Waals surface area (Å²) in [5.74, 6) is 0.108. The molecule has 3 atom stereocenters. The van der Waals surface area contributed by atoms with E-state index in [4.69, 9.17) is 27.2 Å². The molecule has 0 bridgehead atoms. The number of hydrogen-bond donors (Lipinski definition) is 3. The Morgan fingerprint density at radius 1 is 1.67 bits per heavy atom. The molecule has 0 saturated carbocycles. The summed E-state index contributed by atoms with van der Waals surface area (Å²) in [6.07, 6.45) is -2.04. The fourth-order valence-electron chi connectivity index (χ4n) is 2.01. The van der Waals surface area contributed by atoms with E-state index in [-0.39, 0.29) is 24.7 Å². The fraction of sp³-hybridized carbons (Fsp3) is 0.600. The molecule has 0 aliphatic carbocycles. The molecule has 100 valence electrons. The second-order valence-electron chi connectivity index (χ2n) is 4.09. The van der Waals surface area contributed by atoms with Gasteiger partial charge in [-0.25, -0.2) is 4.79 Å². The van der Waals surface area contributed by atoms with Crippen LogP contribution in [0.25, 0.3) is 0 Å². The van der Waals surface area contributed by atoms with Crippen LogP contribution in [0.3, 0.4) is 0 Å². The first-order valence-corrected chi connectivity index (χ1v) is 5.98. The third kappa shape index (κ3) is 2.35. The van der Waals surface area contributed by atoms with Crippen molar-refractivity contribution in [3.05, 3.63) is 22.2 Å². The summed E-state index contributed by atoms with van der Waals surface area (Å²) >= 11 is 5.74. The third-order valence-electron chi connectivity index (χ3n) is 2.82. The Hall–Kier alpha value is -1.15. The zero-order valence-electron chi connectivity index (χ0n) is 9.49. The molecule has 0 unspecified atom stereocenters. The van der Waals surface area contributed by atoms with Crippen molar-refractivity contribution in [3.8, 4) is 0 Å². The third-order valence-corrected chi connectivity index (χ3v) is 3.09. The highest BCUT2D eigenvalue weighted by atomic mass is 35.5. The van der Waals surface area contributed by atoms with E-state index < -0.39 is 24.1 Å². The zero-order valence-corrected chi connectivity index (χ0v) is 10.2. The van der Waals surface area contributed by atoms with Gasteiger partial charge in [-0.3, -0.25) is 4.57 Å². The van der Waals surface area contributed by atoms with E-state index in [0.717, 1.165) is 0 Å². The minimum Gasteiger partial charge on any atom is -0.394 e. The fourth-order valence-corrected chi connectivity index (χ4v) is 2.22. The number of nitrogen functional groups attached to an aromatic ring is 1. The molecule has 8 heteroatoms. The van der Waals surface area contributed by atoms with Crippen molar-refractivity contribution in [2.45, 2.75) is 30.7 Å². The number of anilines is 1. The Balaban J connectivity index is 2.42. The normalized spacial score (nSPS) is 27.6. The van der Waals surface area contributed by atoms with Gasteiger partial charge in [0.2, 0.25) is 0 Å². The summed E-state index contributed by atoms with van der Waals surface area (Å²) in [7, 11) is 0. The van der Waals surface area contributed by atoms with Gasteiger partial charge in [-0.2, -0.15) is 4.98 Å². The topological polar surface area (TPSA) is 111 Å². The minimum atomic E-state index is -0.896. The zero-order chi connectivity index (χ0) is 13.3. The molecule has 0 aromatic carbocycles. The molecule has 1 aromatic heterocycles. The van der Waals surface area contributed by atoms with Gasteiger partial charge in [0.05, 0.1) is 18.6 Å². The van der Waals surface area contributed by atoms with E-state index in [1.54, 1.807) is 0 Å². The van der Waals surface area contributed by atoms with Gasteiger partial charge in [-0.15, -0.1) is 11.6 Å². The van der Waals surface area contributed by atoms with E-state index >= 15 is 0 Å². The number of ether oxygens (including phenoxy) is 1. The van der Waals surface area contributed by atoms with Gasteiger partial charge < -0.3 is 20.7 Å². The largest absolute Gasteiger partial charge is 0.394 e. The number of rotatable bonds is 3. The van der Waals surface area contributed by atoms with Crippen LogP contribution in [-0.4, -0.2) is 38.6 Å². The van der Waals surface area contributed by atoms with Crippen LogP contribution in [0.15, 0.2) is 10.9 Å². The van der Waals surface area contributed by atoms with Gasteiger partial charge in [-0.1, -0.05) is 0 Å². The van der Waals surface area contributed by atoms with Gasteiger partial charge in [0.1, 0.15) is 11.9 Å². The predicted octanol–water partition coefficient (Wildman–Crippen LogP) is -0.795. The monoisotopic (exact) mass is 275 g/mol. The van der Waals surface area contributed by atoms with Crippen LogP contribution in [-0.2, 0) is 10.6 Å². The molecule has 0 amide bonds. The summed E-state index contributed by atoms with van der Waals surface area (Å²) in [6, 6.07) is 1.46. The van der Waals surface area contributed by atoms with Gasteiger partial charge in [0.25, 0.3) is 0 Å². The highest BCUT2D eigenvalue weighted by Crippen LogP contribution is 2.28. The molecule has 1 aromatic rings. The number of aliphatic hydroxyl groups is 2. The van der Waals surface area contributed by atoms with Crippen LogP contribution < -0.4 is 11.4 Å². The first-order valence-electron chi connectivity index (χ1n) is 5.45. The maximum atomic E-state index is 11.8. The summed E-state index contributed by atoms with van der Waals surface area (Å²) in [5, 5.41) is 18.9. The standard InChI is InChI=1S/C10H14ClN3O4/c11-3-5-1-8(12)13-10(17)14(5)9-7(16)2-6(4-15)18-9/h1,6-7,9,15-16H,2-4H2,(H2,12,13,17)/t6-,7+,9+/m0/s1. The maximum Gasteiger partial charge on any atom is 0.351 e. The quantitative estimate of drug-likeness (QED) is 0.623. The average Bonchev–Trinajstić information content (AvgIpc) is 2.69. The van der Waals surface area contributed by atoms with Gasteiger partial charge in [-0.05, 0) is 0 Å². The SMILES string of the molecule is Nc1cc(CCl)n([C@@H]2O[C@H](CO)C[C@H]2O)c(=O)n1. The highest BCUT2D eigenvalue weighted by Gasteiger charge is 2.36. The van der Waals surface area contributed by atoms with Crippen LogP contribution in [0.5, 0.6) is 0 Å². The summed E-state index contributed by atoms with van der Waals surface area (Å²) in [6.45, 7) is -0.221. The summed E-state index contributed by atoms with van der Waals surface area (Å²) < 4.78 is 6.57. The Bertz CT molecular complexity index is 493. The van der Waals surface area contributed by atoms with Crippen LogP contribution >= 0.6 is 11.6 Å². The van der Waals surface area contributed by atoms with Gasteiger partial charge in [0, 0.05) is 18.2 Å². The summed E-state index contributed by atoms with van der Waals surface area (Å²) in [5.41, 5.74) is 5.25. The molecule has 0 spiro atoms. The number of alkyl halides is 1. The van der Waals surface area contributed by atoms with Crippen molar-refractivity contribution in [2.75, 3.05) is 12.3 Å². The Labute approximate surface area is 108 Å². The molecule has 7 nitrogen and oxygen atoms in total. The molecule has 1 aliphatic rings. The Morgan fingerprint density at radius 2 is 2.39 bits per heavy atom. The van der Waals surface area contributed by atoms with Crippen LogP contribution in [0.4, 0.5) is 5.82 Å². The van der Waals surface area contributed by atoms with E-state index in [1.807, 2.05) is 0 Å². The van der Waals surface area contributed by atoms with Crippen molar-refractivity contribution in [1.82, 2.24) is 9.55 Å². The summed E-state index contributed by atoms with van der Waals surface area (Å²) in [4.78, 5) is 15.4. The number of hydrogen-bond acceptors (Lipinski definition) is 6. The second-order valence-corrected chi connectivity index (χ2v) is 4.36. The molecule has 4 N–H and O–H groups in total. The molecule has 0 radical (unpaired) electrons. The molecular formula is C10H14ClN3O4. The first-order chi connectivity index (χ1) is 8.56. The van der Waals surface area contributed by atoms with Crippen molar-refractivity contribution in [2.24, 2.45) is 0 Å². The number of aromatic nitrogens is 2. The Morgan fingerprint density at radius 3 is 2.94 bits per heavy atom.